The predicted molar refractivity (Wildman–Crippen MR) is 69.1 cm³/mol. The zero-order chi connectivity index (χ0) is 13.8. The monoisotopic (exact) mass is 292 g/mol. The van der Waals surface area contributed by atoms with Gasteiger partial charge in [-0.2, -0.15) is 0 Å². The van der Waals surface area contributed by atoms with Gasteiger partial charge in [-0.05, 0) is 0 Å². The van der Waals surface area contributed by atoms with Gasteiger partial charge >= 0.3 is 0 Å². The van der Waals surface area contributed by atoms with Gasteiger partial charge in [-0.15, -0.1) is 11.8 Å². The van der Waals surface area contributed by atoms with E-state index in [1.54, 1.807) is 0 Å². The lowest BCUT2D eigenvalue weighted by molar-refractivity contribution is -0.385. The lowest BCUT2D eigenvalue weighted by Crippen LogP contribution is -2.09. The molecule has 1 aromatic rings. The number of hydrogen-bond acceptors (Lipinski definition) is 8. The molecule has 0 saturated heterocycles. The van der Waals surface area contributed by atoms with Gasteiger partial charge in [0.15, 0.2) is 0 Å². The van der Waals surface area contributed by atoms with Crippen LogP contribution >= 0.6 is 11.8 Å². The normalized spacial score (nSPS) is 11.2. The van der Waals surface area contributed by atoms with Crippen molar-refractivity contribution in [3.8, 4) is 0 Å². The lowest BCUT2D eigenvalue weighted by atomic mass is 10.4. The summed E-state index contributed by atoms with van der Waals surface area (Å²) in [6.45, 7) is 0. The first-order valence-corrected chi connectivity index (χ1v) is 7.80. The van der Waals surface area contributed by atoms with Crippen LogP contribution < -0.4 is 11.3 Å². The van der Waals surface area contributed by atoms with Crippen LogP contribution in [0.25, 0.3) is 0 Å². The fourth-order valence-corrected chi connectivity index (χ4v) is 3.16. The number of nitrogens with two attached hydrogens (primary N) is 1. The molecule has 8 nitrogen and oxygen atoms in total. The number of nitrogens with one attached hydrogen (secondary N) is 1. The highest BCUT2D eigenvalue weighted by molar-refractivity contribution is 8.00. The van der Waals surface area contributed by atoms with E-state index in [1.807, 2.05) is 0 Å². The van der Waals surface area contributed by atoms with E-state index in [4.69, 9.17) is 5.84 Å². The molecule has 100 valence electrons. The van der Waals surface area contributed by atoms with Crippen LogP contribution in [0.5, 0.6) is 0 Å². The molecule has 0 spiro atoms. The molecule has 10 heteroatoms. The van der Waals surface area contributed by atoms with Gasteiger partial charge in [0.2, 0.25) is 0 Å². The summed E-state index contributed by atoms with van der Waals surface area (Å²) in [5.74, 6) is 5.56. The molecule has 0 saturated carbocycles. The van der Waals surface area contributed by atoms with Gasteiger partial charge in [0.25, 0.3) is 5.69 Å². The average Bonchev–Trinajstić information content (AvgIpc) is 2.26. The molecule has 3 N–H and O–H groups in total. The summed E-state index contributed by atoms with van der Waals surface area (Å²) in [5.41, 5.74) is 2.07. The van der Waals surface area contributed by atoms with Crippen LogP contribution in [0.3, 0.4) is 0 Å². The minimum absolute atomic E-state index is 0.0204. The zero-order valence-corrected chi connectivity index (χ0v) is 11.1. The van der Waals surface area contributed by atoms with E-state index in [-0.39, 0.29) is 23.0 Å². The highest BCUT2D eigenvalue weighted by atomic mass is 32.2. The SMILES string of the molecule is CS(=O)(=O)CCSc1cc([N+](=O)[O-])cc(NN)n1. The Labute approximate surface area is 108 Å². The highest BCUT2D eigenvalue weighted by Gasteiger charge is 2.12. The number of hydrogen-bond donors (Lipinski definition) is 2. The van der Waals surface area contributed by atoms with Crippen LogP contribution in [0.1, 0.15) is 0 Å². The van der Waals surface area contributed by atoms with Crippen molar-refractivity contribution in [1.29, 1.82) is 0 Å². The molecule has 0 bridgehead atoms. The largest absolute Gasteiger partial charge is 0.308 e. The van der Waals surface area contributed by atoms with Crippen molar-refractivity contribution < 1.29 is 13.3 Å². The van der Waals surface area contributed by atoms with E-state index in [1.165, 1.54) is 12.1 Å². The first-order chi connectivity index (χ1) is 8.31. The summed E-state index contributed by atoms with van der Waals surface area (Å²) in [6, 6.07) is 2.47. The molecule has 1 rings (SSSR count). The summed E-state index contributed by atoms with van der Waals surface area (Å²) in [4.78, 5) is 14.1. The zero-order valence-electron chi connectivity index (χ0n) is 9.49. The molecule has 0 unspecified atom stereocenters. The maximum absolute atomic E-state index is 10.9. The minimum Gasteiger partial charge on any atom is -0.308 e. The fraction of sp³-hybridized carbons (Fsp3) is 0.375. The summed E-state index contributed by atoms with van der Waals surface area (Å²) < 4.78 is 21.9. The van der Waals surface area contributed by atoms with E-state index in [9.17, 15) is 18.5 Å². The van der Waals surface area contributed by atoms with E-state index in [0.717, 1.165) is 18.0 Å². The first-order valence-electron chi connectivity index (χ1n) is 4.75. The van der Waals surface area contributed by atoms with Gasteiger partial charge in [-0.1, -0.05) is 0 Å². The molecular weight excluding hydrogens is 280 g/mol. The number of thioether (sulfide) groups is 1. The van der Waals surface area contributed by atoms with Crippen LogP contribution in [0, 0.1) is 10.1 Å². The quantitative estimate of drug-likeness (QED) is 0.334. The summed E-state index contributed by atoms with van der Waals surface area (Å²) in [6.07, 6.45) is 1.13. The molecule has 0 amide bonds. The Bertz CT molecular complexity index is 546. The molecule has 0 fully saturated rings. The number of sulfone groups is 1. The molecular formula is C8H12N4O4S2. The van der Waals surface area contributed by atoms with E-state index >= 15 is 0 Å². The second kappa shape index (κ2) is 5.98. The van der Waals surface area contributed by atoms with Crippen molar-refractivity contribution >= 4 is 33.1 Å². The number of nitrogen functional groups attached to an aromatic ring is 1. The Morgan fingerprint density at radius 2 is 2.22 bits per heavy atom. The number of nitrogens with zero attached hydrogens (tertiary/aromatic N) is 2. The molecule has 1 heterocycles. The molecule has 18 heavy (non-hydrogen) atoms. The molecule has 0 aliphatic carbocycles. The Kier molecular flexibility index (Phi) is 4.87. The van der Waals surface area contributed by atoms with Crippen LogP contribution in [-0.2, 0) is 9.84 Å². The van der Waals surface area contributed by atoms with Crippen molar-refractivity contribution in [3.63, 3.8) is 0 Å². The van der Waals surface area contributed by atoms with Crippen LogP contribution in [0.4, 0.5) is 11.5 Å². The predicted octanol–water partition coefficient (Wildman–Crippen LogP) is 0.412. The van der Waals surface area contributed by atoms with Gasteiger partial charge in [0.05, 0.1) is 16.7 Å². The Balaban J connectivity index is 2.82. The molecule has 0 atom stereocenters. The Morgan fingerprint density at radius 1 is 1.56 bits per heavy atom. The smallest absolute Gasteiger partial charge is 0.275 e. The third-order valence-electron chi connectivity index (χ3n) is 1.85. The first kappa shape index (κ1) is 14.7. The van der Waals surface area contributed by atoms with E-state index in [0.29, 0.717) is 5.03 Å². The Morgan fingerprint density at radius 3 is 2.72 bits per heavy atom. The number of anilines is 1. The van der Waals surface area contributed by atoms with Gasteiger partial charge in [0, 0.05) is 18.1 Å². The van der Waals surface area contributed by atoms with Gasteiger partial charge in [0.1, 0.15) is 20.7 Å². The standard InChI is InChI=1S/C8H12N4O4S2/c1-18(15,16)3-2-17-8-5-6(12(13)14)4-7(10-8)11-9/h4-5H,2-3,9H2,1H3,(H,10,11). The van der Waals surface area contributed by atoms with Crippen LogP contribution in [-0.4, -0.2) is 36.1 Å². The molecule has 0 aromatic carbocycles. The molecule has 1 aromatic heterocycles. The highest BCUT2D eigenvalue weighted by Crippen LogP contribution is 2.24. The maximum atomic E-state index is 10.9. The summed E-state index contributed by atoms with van der Waals surface area (Å²) in [7, 11) is -3.06. The third kappa shape index (κ3) is 4.85. The van der Waals surface area contributed by atoms with Gasteiger partial charge in [-0.3, -0.25) is 10.1 Å². The van der Waals surface area contributed by atoms with Gasteiger partial charge in [-0.25, -0.2) is 19.2 Å². The molecule has 0 aliphatic rings. The van der Waals surface area contributed by atoms with Crippen molar-refractivity contribution in [1.82, 2.24) is 4.98 Å². The molecule has 0 radical (unpaired) electrons. The fourth-order valence-electron chi connectivity index (χ4n) is 1.04. The number of pyridine rings is 1. The number of aromatic nitrogens is 1. The Hall–Kier alpha value is -1.39. The lowest BCUT2D eigenvalue weighted by Gasteiger charge is -2.03. The molecule has 0 aliphatic heterocycles. The maximum Gasteiger partial charge on any atom is 0.275 e. The van der Waals surface area contributed by atoms with Gasteiger partial charge < -0.3 is 5.43 Å². The number of rotatable bonds is 6. The summed E-state index contributed by atoms with van der Waals surface area (Å²) >= 11 is 1.12. The topological polar surface area (TPSA) is 128 Å². The second-order valence-corrected chi connectivity index (χ2v) is 6.80. The number of nitro groups is 1. The average molecular weight is 292 g/mol. The number of hydrazine groups is 1. The van der Waals surface area contributed by atoms with Crippen LogP contribution in [0.2, 0.25) is 0 Å². The van der Waals surface area contributed by atoms with E-state index in [2.05, 4.69) is 10.4 Å². The van der Waals surface area contributed by atoms with Crippen molar-refractivity contribution in [3.05, 3.63) is 22.2 Å². The van der Waals surface area contributed by atoms with Crippen LogP contribution in [0.15, 0.2) is 17.2 Å². The third-order valence-corrected chi connectivity index (χ3v) is 3.97. The minimum atomic E-state index is -3.06. The van der Waals surface area contributed by atoms with Crippen molar-refractivity contribution in [2.45, 2.75) is 5.03 Å². The second-order valence-electron chi connectivity index (χ2n) is 3.43. The van der Waals surface area contributed by atoms with Crippen molar-refractivity contribution in [2.24, 2.45) is 5.84 Å². The van der Waals surface area contributed by atoms with E-state index < -0.39 is 14.8 Å². The summed E-state index contributed by atoms with van der Waals surface area (Å²) in [5, 5.41) is 11.0. The van der Waals surface area contributed by atoms with Crippen molar-refractivity contribution in [2.75, 3.05) is 23.2 Å².